The van der Waals surface area contributed by atoms with Crippen molar-refractivity contribution >= 4 is 17.3 Å². The molecule has 4 heteroatoms. The molecule has 1 saturated heterocycles. The van der Waals surface area contributed by atoms with Crippen molar-refractivity contribution in [2.45, 2.75) is 31.9 Å². The minimum Gasteiger partial charge on any atom is -0.496 e. The van der Waals surface area contributed by atoms with Gasteiger partial charge < -0.3 is 14.8 Å². The average Bonchev–Trinajstić information content (AvgIpc) is 3.10. The van der Waals surface area contributed by atoms with E-state index in [2.05, 4.69) is 30.4 Å². The van der Waals surface area contributed by atoms with Crippen LogP contribution in [0.25, 0.3) is 0 Å². The van der Waals surface area contributed by atoms with Crippen LogP contribution in [0.15, 0.2) is 36.4 Å². The van der Waals surface area contributed by atoms with E-state index in [9.17, 15) is 0 Å². The summed E-state index contributed by atoms with van der Waals surface area (Å²) in [5.41, 5.74) is 4.90. The van der Waals surface area contributed by atoms with Crippen LogP contribution in [0.3, 0.4) is 0 Å². The largest absolute Gasteiger partial charge is 0.496 e. The Balaban J connectivity index is 1.80. The zero-order valence-electron chi connectivity index (χ0n) is 14.0. The molecule has 0 aromatic heterocycles. The SMILES string of the molecule is CCc1ccc2c(c1)[C@H]1OCC[C@H]1[C@H](c1cc(Cl)ccc1OC)N2. The fourth-order valence-electron chi connectivity index (χ4n) is 4.00. The van der Waals surface area contributed by atoms with Gasteiger partial charge in [-0.05, 0) is 42.7 Å². The van der Waals surface area contributed by atoms with Gasteiger partial charge in [-0.3, -0.25) is 0 Å². The summed E-state index contributed by atoms with van der Waals surface area (Å²) in [6.07, 6.45) is 2.21. The number of nitrogens with one attached hydrogen (secondary N) is 1. The molecule has 3 nitrogen and oxygen atoms in total. The Labute approximate surface area is 147 Å². The third kappa shape index (κ3) is 2.56. The maximum Gasteiger partial charge on any atom is 0.124 e. The number of aryl methyl sites for hydroxylation is 1. The minimum absolute atomic E-state index is 0.140. The van der Waals surface area contributed by atoms with E-state index in [1.54, 1.807) is 7.11 Å². The number of ether oxygens (including phenoxy) is 2. The maximum absolute atomic E-state index is 6.26. The molecule has 0 aliphatic carbocycles. The summed E-state index contributed by atoms with van der Waals surface area (Å²) in [6, 6.07) is 12.6. The van der Waals surface area contributed by atoms with Crippen molar-refractivity contribution in [1.82, 2.24) is 0 Å². The summed E-state index contributed by atoms with van der Waals surface area (Å²) in [7, 11) is 1.71. The number of benzene rings is 2. The monoisotopic (exact) mass is 343 g/mol. The van der Waals surface area contributed by atoms with Crippen LogP contribution >= 0.6 is 11.6 Å². The van der Waals surface area contributed by atoms with Crippen molar-refractivity contribution in [3.63, 3.8) is 0 Å². The van der Waals surface area contributed by atoms with E-state index >= 15 is 0 Å². The van der Waals surface area contributed by atoms with Gasteiger partial charge in [0.05, 0.1) is 19.3 Å². The average molecular weight is 344 g/mol. The van der Waals surface area contributed by atoms with Gasteiger partial charge in [-0.2, -0.15) is 0 Å². The van der Waals surface area contributed by atoms with Crippen molar-refractivity contribution in [2.75, 3.05) is 19.0 Å². The summed E-state index contributed by atoms with van der Waals surface area (Å²) in [5, 5.41) is 4.45. The van der Waals surface area contributed by atoms with E-state index in [0.717, 1.165) is 41.5 Å². The molecule has 2 heterocycles. The summed E-state index contributed by atoms with van der Waals surface area (Å²) in [6.45, 7) is 2.98. The Morgan fingerprint density at radius 3 is 2.88 bits per heavy atom. The van der Waals surface area contributed by atoms with Crippen LogP contribution < -0.4 is 10.1 Å². The lowest BCUT2D eigenvalue weighted by molar-refractivity contribution is 0.0826. The quantitative estimate of drug-likeness (QED) is 0.835. The zero-order chi connectivity index (χ0) is 16.7. The van der Waals surface area contributed by atoms with Gasteiger partial charge in [0, 0.05) is 34.4 Å². The lowest BCUT2D eigenvalue weighted by Crippen LogP contribution is -2.29. The van der Waals surface area contributed by atoms with Gasteiger partial charge in [-0.1, -0.05) is 30.7 Å². The van der Waals surface area contributed by atoms with E-state index in [-0.39, 0.29) is 12.1 Å². The van der Waals surface area contributed by atoms with E-state index in [0.29, 0.717) is 5.92 Å². The molecular formula is C20H22ClNO2. The number of hydrogen-bond acceptors (Lipinski definition) is 3. The van der Waals surface area contributed by atoms with Crippen LogP contribution in [0.4, 0.5) is 5.69 Å². The fraction of sp³-hybridized carbons (Fsp3) is 0.400. The van der Waals surface area contributed by atoms with Crippen LogP contribution in [-0.2, 0) is 11.2 Å². The normalized spacial score (nSPS) is 24.9. The molecule has 0 saturated carbocycles. The molecule has 4 rings (SSSR count). The van der Waals surface area contributed by atoms with Crippen LogP contribution in [-0.4, -0.2) is 13.7 Å². The molecule has 0 bridgehead atoms. The summed E-state index contributed by atoms with van der Waals surface area (Å²) in [4.78, 5) is 0. The van der Waals surface area contributed by atoms with Crippen LogP contribution in [0.1, 0.15) is 42.2 Å². The Hall–Kier alpha value is -1.71. The Morgan fingerprint density at radius 2 is 2.08 bits per heavy atom. The first-order chi connectivity index (χ1) is 11.7. The lowest BCUT2D eigenvalue weighted by atomic mass is 9.80. The van der Waals surface area contributed by atoms with Crippen molar-refractivity contribution in [2.24, 2.45) is 5.92 Å². The van der Waals surface area contributed by atoms with Gasteiger partial charge in [0.1, 0.15) is 5.75 Å². The number of fused-ring (bicyclic) bond motifs is 3. The number of halogens is 1. The number of hydrogen-bond donors (Lipinski definition) is 1. The van der Waals surface area contributed by atoms with Gasteiger partial charge >= 0.3 is 0 Å². The smallest absolute Gasteiger partial charge is 0.124 e. The Morgan fingerprint density at radius 1 is 1.21 bits per heavy atom. The third-order valence-electron chi connectivity index (χ3n) is 5.23. The first-order valence-electron chi connectivity index (χ1n) is 8.55. The molecule has 1 fully saturated rings. The number of anilines is 1. The van der Waals surface area contributed by atoms with Gasteiger partial charge in [0.2, 0.25) is 0 Å². The molecule has 1 N–H and O–H groups in total. The molecule has 0 unspecified atom stereocenters. The first kappa shape index (κ1) is 15.8. The second-order valence-electron chi connectivity index (χ2n) is 6.53. The van der Waals surface area contributed by atoms with E-state index in [1.807, 2.05) is 18.2 Å². The molecule has 0 spiro atoms. The summed E-state index contributed by atoms with van der Waals surface area (Å²) < 4.78 is 11.7. The highest BCUT2D eigenvalue weighted by atomic mass is 35.5. The van der Waals surface area contributed by atoms with Crippen molar-refractivity contribution in [3.05, 3.63) is 58.1 Å². The molecule has 3 atom stereocenters. The van der Waals surface area contributed by atoms with Crippen molar-refractivity contribution in [1.29, 1.82) is 0 Å². The molecule has 0 amide bonds. The summed E-state index contributed by atoms with van der Waals surface area (Å²) in [5.74, 6) is 1.26. The van der Waals surface area contributed by atoms with Crippen LogP contribution in [0.5, 0.6) is 5.75 Å². The molecule has 0 radical (unpaired) electrons. The zero-order valence-corrected chi connectivity index (χ0v) is 14.8. The minimum atomic E-state index is 0.140. The second-order valence-corrected chi connectivity index (χ2v) is 6.96. The number of methoxy groups -OCH3 is 1. The van der Waals surface area contributed by atoms with Gasteiger partial charge in [-0.15, -0.1) is 0 Å². The lowest BCUT2D eigenvalue weighted by Gasteiger charge is -2.37. The fourth-order valence-corrected chi connectivity index (χ4v) is 4.18. The molecule has 2 aromatic carbocycles. The predicted molar refractivity (Wildman–Crippen MR) is 97.0 cm³/mol. The molecule has 2 aliphatic heterocycles. The third-order valence-corrected chi connectivity index (χ3v) is 5.47. The molecule has 2 aliphatic rings. The highest BCUT2D eigenvalue weighted by Crippen LogP contribution is 2.51. The maximum atomic E-state index is 6.26. The van der Waals surface area contributed by atoms with Gasteiger partial charge in [0.15, 0.2) is 0 Å². The van der Waals surface area contributed by atoms with E-state index in [1.165, 1.54) is 11.1 Å². The highest BCUT2D eigenvalue weighted by Gasteiger charge is 2.42. The molecule has 24 heavy (non-hydrogen) atoms. The predicted octanol–water partition coefficient (Wildman–Crippen LogP) is 5.16. The van der Waals surface area contributed by atoms with Gasteiger partial charge in [-0.25, -0.2) is 0 Å². The summed E-state index contributed by atoms with van der Waals surface area (Å²) >= 11 is 6.26. The van der Waals surface area contributed by atoms with Crippen molar-refractivity contribution < 1.29 is 9.47 Å². The molecule has 2 aromatic rings. The number of rotatable bonds is 3. The highest BCUT2D eigenvalue weighted by molar-refractivity contribution is 6.30. The Bertz CT molecular complexity index is 761. The van der Waals surface area contributed by atoms with Crippen molar-refractivity contribution in [3.8, 4) is 5.75 Å². The second kappa shape index (κ2) is 6.30. The molecular weight excluding hydrogens is 322 g/mol. The van der Waals surface area contributed by atoms with E-state index in [4.69, 9.17) is 21.1 Å². The first-order valence-corrected chi connectivity index (χ1v) is 8.93. The molecule has 126 valence electrons. The van der Waals surface area contributed by atoms with E-state index < -0.39 is 0 Å². The van der Waals surface area contributed by atoms with Gasteiger partial charge in [0.25, 0.3) is 0 Å². The van der Waals surface area contributed by atoms with Crippen LogP contribution in [0.2, 0.25) is 5.02 Å². The Kier molecular flexibility index (Phi) is 4.15. The van der Waals surface area contributed by atoms with Crippen LogP contribution in [0, 0.1) is 5.92 Å². The standard InChI is InChI=1S/C20H22ClNO2/c1-3-12-4-6-17-15(10-12)20-14(8-9-24-20)19(22-17)16-11-13(21)5-7-18(16)23-2/h4-7,10-11,14,19-20,22H,3,8-9H2,1-2H3/t14-,19+,20-/m0/s1. The topological polar surface area (TPSA) is 30.5 Å².